The lowest BCUT2D eigenvalue weighted by Gasteiger charge is -2.27. The smallest absolute Gasteiger partial charge is 0.143 e. The summed E-state index contributed by atoms with van der Waals surface area (Å²) < 4.78 is 11.5. The van der Waals surface area contributed by atoms with E-state index >= 15 is 0 Å². The molecule has 0 radical (unpaired) electrons. The Balaban J connectivity index is 2.51. The number of rotatable bonds is 4. The van der Waals surface area contributed by atoms with Crippen LogP contribution in [0.15, 0.2) is 54.7 Å². The average Bonchev–Trinajstić information content (AvgIpc) is 2.40. The van der Waals surface area contributed by atoms with Crippen molar-refractivity contribution in [1.29, 1.82) is 0 Å². The van der Waals surface area contributed by atoms with E-state index in [1.807, 2.05) is 36.4 Å². The second kappa shape index (κ2) is 5.42. The monoisotopic (exact) mass is 261 g/mol. The molecular weight excluding hydrogens is 246 g/mol. The number of hydrogen-bond acceptors (Lipinski definition) is 3. The van der Waals surface area contributed by atoms with Crippen LogP contribution in [0.1, 0.15) is 11.3 Å². The molecule has 0 spiro atoms. The van der Waals surface area contributed by atoms with Crippen LogP contribution in [0, 0.1) is 0 Å². The van der Waals surface area contributed by atoms with Crippen LogP contribution in [0.5, 0.6) is 0 Å². The fraction of sp³-hybridized carbons (Fsp3) is 0.214. The number of nitrogens with zero attached hydrogens (tertiary/aromatic N) is 1. The summed E-state index contributed by atoms with van der Waals surface area (Å²) in [5.74, 6) is 0.133. The molecule has 2 atom stereocenters. The first kappa shape index (κ1) is 12.9. The average molecular weight is 261 g/mol. The van der Waals surface area contributed by atoms with E-state index in [-0.39, 0.29) is 5.75 Å². The lowest BCUT2D eigenvalue weighted by atomic mass is 9.92. The number of aliphatic hydroxyl groups is 1. The molecule has 0 fully saturated rings. The normalized spacial score (nSPS) is 15.9. The second-order valence-electron chi connectivity index (χ2n) is 4.16. The molecule has 1 aromatic carbocycles. The van der Waals surface area contributed by atoms with Gasteiger partial charge in [-0.3, -0.25) is 9.19 Å². The lowest BCUT2D eigenvalue weighted by Crippen LogP contribution is -2.34. The number of hydrogen-bond donors (Lipinski definition) is 1. The van der Waals surface area contributed by atoms with Crippen LogP contribution in [0.2, 0.25) is 0 Å². The van der Waals surface area contributed by atoms with Crippen molar-refractivity contribution in [3.05, 3.63) is 66.0 Å². The van der Waals surface area contributed by atoms with E-state index in [1.54, 1.807) is 24.6 Å². The predicted octanol–water partition coefficient (Wildman–Crippen LogP) is 1.70. The zero-order valence-corrected chi connectivity index (χ0v) is 10.9. The Kier molecular flexibility index (Phi) is 3.89. The molecule has 94 valence electrons. The van der Waals surface area contributed by atoms with Gasteiger partial charge in [-0.05, 0) is 17.7 Å². The summed E-state index contributed by atoms with van der Waals surface area (Å²) in [7, 11) is -1.13. The molecule has 0 bridgehead atoms. The van der Waals surface area contributed by atoms with Crippen LogP contribution in [0.3, 0.4) is 0 Å². The maximum absolute atomic E-state index is 11.5. The van der Waals surface area contributed by atoms with Crippen LogP contribution < -0.4 is 0 Å². The van der Waals surface area contributed by atoms with Crippen LogP contribution in [-0.4, -0.2) is 26.3 Å². The first-order valence-electron chi connectivity index (χ1n) is 5.62. The van der Waals surface area contributed by atoms with E-state index in [1.165, 1.54) is 0 Å². The van der Waals surface area contributed by atoms with Gasteiger partial charge in [0, 0.05) is 23.3 Å². The van der Waals surface area contributed by atoms with Crippen molar-refractivity contribution in [1.82, 2.24) is 4.98 Å². The Bertz CT molecular complexity index is 489. The van der Waals surface area contributed by atoms with Crippen molar-refractivity contribution in [2.45, 2.75) is 5.60 Å². The van der Waals surface area contributed by atoms with Crippen molar-refractivity contribution in [3.63, 3.8) is 0 Å². The first-order chi connectivity index (χ1) is 8.63. The largest absolute Gasteiger partial charge is 0.378 e. The summed E-state index contributed by atoms with van der Waals surface area (Å²) in [4.78, 5) is 4.20. The quantitative estimate of drug-likeness (QED) is 0.911. The third-order valence-corrected chi connectivity index (χ3v) is 3.58. The molecule has 0 saturated heterocycles. The lowest BCUT2D eigenvalue weighted by molar-refractivity contribution is 0.102. The topological polar surface area (TPSA) is 50.2 Å². The Labute approximate surface area is 109 Å². The van der Waals surface area contributed by atoms with Gasteiger partial charge in [0.05, 0.1) is 11.4 Å². The molecule has 1 heterocycles. The minimum absolute atomic E-state index is 0.133. The van der Waals surface area contributed by atoms with Crippen molar-refractivity contribution < 1.29 is 9.32 Å². The highest BCUT2D eigenvalue weighted by Gasteiger charge is 2.33. The van der Waals surface area contributed by atoms with Gasteiger partial charge in [0.1, 0.15) is 5.60 Å². The van der Waals surface area contributed by atoms with E-state index in [9.17, 15) is 9.32 Å². The predicted molar refractivity (Wildman–Crippen MR) is 72.6 cm³/mol. The third-order valence-electron chi connectivity index (χ3n) is 2.75. The summed E-state index contributed by atoms with van der Waals surface area (Å²) in [5.41, 5.74) is -0.0763. The van der Waals surface area contributed by atoms with Crippen LogP contribution in [-0.2, 0) is 16.4 Å². The van der Waals surface area contributed by atoms with Crippen molar-refractivity contribution in [2.75, 3.05) is 12.0 Å². The van der Waals surface area contributed by atoms with Crippen molar-refractivity contribution in [2.24, 2.45) is 0 Å². The van der Waals surface area contributed by atoms with E-state index in [2.05, 4.69) is 4.98 Å². The van der Waals surface area contributed by atoms with Crippen LogP contribution >= 0.6 is 0 Å². The molecule has 0 saturated carbocycles. The Morgan fingerprint density at radius 3 is 2.39 bits per heavy atom. The standard InChI is InChI=1S/C14H15NO2S/c1-18(17)11-14(16,12-7-3-2-4-8-12)13-9-5-6-10-15-13/h2-10,16H,11H2,1H3/t14-,18+/m1/s1. The fourth-order valence-electron chi connectivity index (χ4n) is 1.92. The number of benzene rings is 1. The highest BCUT2D eigenvalue weighted by Crippen LogP contribution is 2.28. The van der Waals surface area contributed by atoms with Gasteiger partial charge in [0.2, 0.25) is 0 Å². The molecule has 4 heteroatoms. The van der Waals surface area contributed by atoms with Crippen molar-refractivity contribution >= 4 is 10.8 Å². The van der Waals surface area contributed by atoms with Gasteiger partial charge >= 0.3 is 0 Å². The van der Waals surface area contributed by atoms with Crippen LogP contribution in [0.25, 0.3) is 0 Å². The Morgan fingerprint density at radius 2 is 1.83 bits per heavy atom. The van der Waals surface area contributed by atoms with Gasteiger partial charge in [0.25, 0.3) is 0 Å². The van der Waals surface area contributed by atoms with Gasteiger partial charge in [-0.1, -0.05) is 36.4 Å². The molecule has 1 aromatic heterocycles. The highest BCUT2D eigenvalue weighted by molar-refractivity contribution is 7.84. The molecule has 0 aliphatic carbocycles. The van der Waals surface area contributed by atoms with Crippen LogP contribution in [0.4, 0.5) is 0 Å². The molecule has 1 N–H and O–H groups in total. The molecule has 0 amide bonds. The third kappa shape index (κ3) is 2.66. The van der Waals surface area contributed by atoms with Crippen molar-refractivity contribution in [3.8, 4) is 0 Å². The van der Waals surface area contributed by atoms with Gasteiger partial charge < -0.3 is 5.11 Å². The molecular formula is C14H15NO2S. The SMILES string of the molecule is C[S@](=O)C[C@@](O)(c1ccccc1)c1ccccn1. The molecule has 18 heavy (non-hydrogen) atoms. The second-order valence-corrected chi connectivity index (χ2v) is 5.59. The maximum Gasteiger partial charge on any atom is 0.143 e. The summed E-state index contributed by atoms with van der Waals surface area (Å²) in [6, 6.07) is 14.6. The fourth-order valence-corrected chi connectivity index (χ4v) is 2.82. The summed E-state index contributed by atoms with van der Waals surface area (Å²) in [6.07, 6.45) is 3.21. The molecule has 2 rings (SSSR count). The minimum atomic E-state index is -1.30. The number of pyridine rings is 1. The zero-order chi connectivity index (χ0) is 13.0. The maximum atomic E-state index is 11.5. The van der Waals surface area contributed by atoms with Gasteiger partial charge in [-0.2, -0.15) is 0 Å². The first-order valence-corrected chi connectivity index (χ1v) is 7.35. The van der Waals surface area contributed by atoms with E-state index < -0.39 is 16.4 Å². The summed E-state index contributed by atoms with van der Waals surface area (Å²) >= 11 is 0. The molecule has 0 aliphatic heterocycles. The summed E-state index contributed by atoms with van der Waals surface area (Å²) in [5, 5.41) is 10.9. The Hall–Kier alpha value is -1.52. The zero-order valence-electron chi connectivity index (χ0n) is 10.1. The van der Waals surface area contributed by atoms with Gasteiger partial charge in [0.15, 0.2) is 0 Å². The van der Waals surface area contributed by atoms with Gasteiger partial charge in [-0.15, -0.1) is 0 Å². The molecule has 0 unspecified atom stereocenters. The van der Waals surface area contributed by atoms with E-state index in [4.69, 9.17) is 0 Å². The van der Waals surface area contributed by atoms with Gasteiger partial charge in [-0.25, -0.2) is 0 Å². The molecule has 2 aromatic rings. The van der Waals surface area contributed by atoms with E-state index in [0.717, 1.165) is 0 Å². The molecule has 3 nitrogen and oxygen atoms in total. The van der Waals surface area contributed by atoms with E-state index in [0.29, 0.717) is 11.3 Å². The molecule has 0 aliphatic rings. The number of aromatic nitrogens is 1. The minimum Gasteiger partial charge on any atom is -0.378 e. The highest BCUT2D eigenvalue weighted by atomic mass is 32.2. The summed E-state index contributed by atoms with van der Waals surface area (Å²) in [6.45, 7) is 0. The Morgan fingerprint density at radius 1 is 1.17 bits per heavy atom.